The van der Waals surface area contributed by atoms with Gasteiger partial charge in [-0.3, -0.25) is 4.57 Å². The Balaban J connectivity index is 1.27. The Morgan fingerprint density at radius 1 is 0.822 bits per heavy atom. The molecule has 9 rings (SSSR count). The minimum atomic E-state index is -1.46. The number of ether oxygens (including phenoxy) is 1. The second kappa shape index (κ2) is 9.75. The van der Waals surface area contributed by atoms with Crippen LogP contribution < -0.4 is 5.32 Å². The molecule has 0 radical (unpaired) electrons. The van der Waals surface area contributed by atoms with E-state index in [1.54, 1.807) is 10.9 Å². The van der Waals surface area contributed by atoms with Gasteiger partial charge in [0.25, 0.3) is 0 Å². The van der Waals surface area contributed by atoms with E-state index in [0.29, 0.717) is 28.1 Å². The van der Waals surface area contributed by atoms with Crippen LogP contribution in [0.1, 0.15) is 35.9 Å². The molecule has 6 N–H and O–H groups in total. The van der Waals surface area contributed by atoms with Crippen molar-refractivity contribution in [3.8, 4) is 0 Å². The van der Waals surface area contributed by atoms with Crippen LogP contribution in [0.2, 0.25) is 0 Å². The Hall–Kier alpha value is -4.49. The number of anilines is 1. The lowest BCUT2D eigenvalue weighted by molar-refractivity contribution is -0.0766. The maximum Gasteiger partial charge on any atom is 0.167 e. The Morgan fingerprint density at radius 2 is 1.60 bits per heavy atom. The number of rotatable bonds is 4. The van der Waals surface area contributed by atoms with Crippen LogP contribution in [-0.2, 0) is 4.74 Å². The molecule has 5 aromatic carbocycles. The molecule has 0 spiro atoms. The predicted molar refractivity (Wildman–Crippen MR) is 168 cm³/mol. The lowest BCUT2D eigenvalue weighted by Gasteiger charge is -2.39. The molecular formula is C34H29N5O6. The second-order valence-electron chi connectivity index (χ2n) is 12.1. The van der Waals surface area contributed by atoms with Gasteiger partial charge in [-0.15, -0.1) is 0 Å². The number of nitrogens with zero attached hydrogens (tertiary/aromatic N) is 4. The number of aliphatic hydroxyl groups is 5. The SMILES string of the molecule is OC[C@H]1O[C@@H](n2cnc3c(N[C@@H]4c5c(cc6ccc7cccc8c9ccccc9c5c6c78)[C@H](O)[C@@H](O)[C@H]4O)ncnc32)C[C@@H]1O. The topological polar surface area (TPSA) is 166 Å². The molecule has 0 bridgehead atoms. The molecule has 0 amide bonds. The predicted octanol–water partition coefficient (Wildman–Crippen LogP) is 3.44. The molecule has 0 unspecified atom stereocenters. The highest BCUT2D eigenvalue weighted by molar-refractivity contribution is 6.34. The minimum absolute atomic E-state index is 0.258. The van der Waals surface area contributed by atoms with Gasteiger partial charge in [0.2, 0.25) is 0 Å². The Morgan fingerprint density at radius 3 is 2.42 bits per heavy atom. The third-order valence-corrected chi connectivity index (χ3v) is 9.70. The molecule has 1 fully saturated rings. The molecule has 226 valence electrons. The minimum Gasteiger partial charge on any atom is -0.394 e. The van der Waals surface area contributed by atoms with Gasteiger partial charge in [-0.05, 0) is 60.3 Å². The van der Waals surface area contributed by atoms with E-state index in [4.69, 9.17) is 4.74 Å². The van der Waals surface area contributed by atoms with E-state index in [1.807, 2.05) is 24.3 Å². The van der Waals surface area contributed by atoms with Crippen LogP contribution in [-0.4, -0.2) is 76.1 Å². The van der Waals surface area contributed by atoms with E-state index < -0.39 is 42.8 Å². The number of fused-ring (bicyclic) bond motifs is 6. The Bertz CT molecular complexity index is 2270. The van der Waals surface area contributed by atoms with Crippen molar-refractivity contribution in [1.82, 2.24) is 19.5 Å². The van der Waals surface area contributed by atoms with Gasteiger partial charge in [0.15, 0.2) is 17.0 Å². The normalized spacial score (nSPS) is 26.9. The van der Waals surface area contributed by atoms with Crippen molar-refractivity contribution in [3.05, 3.63) is 84.4 Å². The highest BCUT2D eigenvalue weighted by Gasteiger charge is 2.43. The highest BCUT2D eigenvalue weighted by Crippen LogP contribution is 2.49. The van der Waals surface area contributed by atoms with Crippen LogP contribution in [0.15, 0.2) is 73.3 Å². The number of hydrogen-bond acceptors (Lipinski definition) is 10. The molecular weight excluding hydrogens is 574 g/mol. The molecule has 1 aliphatic heterocycles. The summed E-state index contributed by atoms with van der Waals surface area (Å²) in [6.07, 6.45) is -3.12. The van der Waals surface area contributed by atoms with Crippen molar-refractivity contribution in [2.24, 2.45) is 0 Å². The molecule has 1 aliphatic carbocycles. The summed E-state index contributed by atoms with van der Waals surface area (Å²) < 4.78 is 7.53. The first kappa shape index (κ1) is 26.9. The van der Waals surface area contributed by atoms with Gasteiger partial charge < -0.3 is 35.6 Å². The number of aromatic nitrogens is 4. The average molecular weight is 604 g/mol. The van der Waals surface area contributed by atoms with Crippen LogP contribution >= 0.6 is 0 Å². The highest BCUT2D eigenvalue weighted by atomic mass is 16.5. The zero-order valence-corrected chi connectivity index (χ0v) is 23.8. The van der Waals surface area contributed by atoms with Crippen molar-refractivity contribution >= 4 is 60.1 Å². The van der Waals surface area contributed by atoms with Crippen LogP contribution in [0.5, 0.6) is 0 Å². The van der Waals surface area contributed by atoms with Gasteiger partial charge in [0, 0.05) is 6.42 Å². The van der Waals surface area contributed by atoms with Crippen molar-refractivity contribution in [1.29, 1.82) is 0 Å². The van der Waals surface area contributed by atoms with E-state index in [9.17, 15) is 25.5 Å². The first-order valence-electron chi connectivity index (χ1n) is 15.0. The lowest BCUT2D eigenvalue weighted by Crippen LogP contribution is -2.44. The fourth-order valence-corrected chi connectivity index (χ4v) is 7.59. The first-order valence-corrected chi connectivity index (χ1v) is 15.0. The maximum atomic E-state index is 11.6. The average Bonchev–Trinajstić information content (AvgIpc) is 3.68. The smallest absolute Gasteiger partial charge is 0.167 e. The van der Waals surface area contributed by atoms with Gasteiger partial charge in [-0.25, -0.2) is 15.0 Å². The summed E-state index contributed by atoms with van der Waals surface area (Å²) in [4.78, 5) is 13.5. The number of benzene rings is 5. The number of imidazole rings is 1. The third kappa shape index (κ3) is 3.70. The lowest BCUT2D eigenvalue weighted by atomic mass is 9.76. The summed E-state index contributed by atoms with van der Waals surface area (Å²) in [6.45, 7) is -0.309. The van der Waals surface area contributed by atoms with Gasteiger partial charge in [0.1, 0.15) is 37.0 Å². The van der Waals surface area contributed by atoms with E-state index in [2.05, 4.69) is 56.7 Å². The monoisotopic (exact) mass is 603 g/mol. The standard InChI is InChI=1S/C34H29N5O6/c40-12-22-21(41)11-23(45-22)39-14-37-29-33(35-13-36-34(29)39)38-28-27-20(30(42)32(44)31(28)43)10-16-9-8-15-4-3-7-18-17-5-1-2-6-19(17)26(27)25(16)24(15)18/h1-10,13-14,21-23,28,30-32,40-44H,11-12H2,(H,35,36,38)/t21-,22+,23+,28+,30-,31-,32+/m0/s1. The summed E-state index contributed by atoms with van der Waals surface area (Å²) in [7, 11) is 0. The van der Waals surface area contributed by atoms with Crippen LogP contribution in [0.3, 0.4) is 0 Å². The van der Waals surface area contributed by atoms with Gasteiger partial charge in [-0.2, -0.15) is 0 Å². The van der Waals surface area contributed by atoms with Crippen molar-refractivity contribution < 1.29 is 30.3 Å². The van der Waals surface area contributed by atoms with E-state index >= 15 is 0 Å². The van der Waals surface area contributed by atoms with Crippen LogP contribution in [0.4, 0.5) is 5.82 Å². The van der Waals surface area contributed by atoms with E-state index in [-0.39, 0.29) is 13.0 Å². The van der Waals surface area contributed by atoms with Crippen molar-refractivity contribution in [2.45, 2.75) is 49.2 Å². The van der Waals surface area contributed by atoms with Gasteiger partial charge >= 0.3 is 0 Å². The van der Waals surface area contributed by atoms with Crippen LogP contribution in [0, 0.1) is 0 Å². The molecule has 2 aliphatic rings. The summed E-state index contributed by atoms with van der Waals surface area (Å²) in [5.41, 5.74) is 2.05. The summed E-state index contributed by atoms with van der Waals surface area (Å²) in [5.74, 6) is 0.324. The molecule has 3 heterocycles. The molecule has 11 heteroatoms. The third-order valence-electron chi connectivity index (χ3n) is 9.70. The molecule has 0 saturated carbocycles. The fourth-order valence-electron chi connectivity index (χ4n) is 7.59. The molecule has 7 aromatic rings. The Labute approximate surface area is 255 Å². The van der Waals surface area contributed by atoms with Gasteiger partial charge in [-0.1, -0.05) is 54.6 Å². The Kier molecular flexibility index (Phi) is 5.82. The summed E-state index contributed by atoms with van der Waals surface area (Å²) in [5, 5.41) is 65.5. The quantitative estimate of drug-likeness (QED) is 0.130. The number of nitrogens with one attached hydrogen (secondary N) is 1. The van der Waals surface area contributed by atoms with Crippen molar-refractivity contribution in [3.63, 3.8) is 0 Å². The molecule has 7 atom stereocenters. The van der Waals surface area contributed by atoms with E-state index in [0.717, 1.165) is 43.1 Å². The molecule has 2 aromatic heterocycles. The number of aliphatic hydroxyl groups excluding tert-OH is 5. The first-order chi connectivity index (χ1) is 21.9. The summed E-state index contributed by atoms with van der Waals surface area (Å²) >= 11 is 0. The summed E-state index contributed by atoms with van der Waals surface area (Å²) in [6, 6.07) is 19.5. The fraction of sp³-hybridized carbons (Fsp3) is 0.265. The van der Waals surface area contributed by atoms with E-state index in [1.165, 1.54) is 6.33 Å². The van der Waals surface area contributed by atoms with Crippen molar-refractivity contribution in [2.75, 3.05) is 11.9 Å². The molecule has 45 heavy (non-hydrogen) atoms. The molecule has 11 nitrogen and oxygen atoms in total. The molecule has 1 saturated heterocycles. The second-order valence-corrected chi connectivity index (χ2v) is 12.1. The number of hydrogen-bond donors (Lipinski definition) is 6. The van der Waals surface area contributed by atoms with Gasteiger partial charge in [0.05, 0.1) is 25.1 Å². The van der Waals surface area contributed by atoms with Crippen LogP contribution in [0.25, 0.3) is 54.3 Å². The zero-order chi connectivity index (χ0) is 30.6. The maximum absolute atomic E-state index is 11.6. The largest absolute Gasteiger partial charge is 0.394 e. The zero-order valence-electron chi connectivity index (χ0n) is 23.8.